The van der Waals surface area contributed by atoms with Crippen LogP contribution in [0.2, 0.25) is 0 Å². The molecule has 1 atom stereocenters. The number of benzene rings is 1. The van der Waals surface area contributed by atoms with Crippen LogP contribution in [-0.4, -0.2) is 46.6 Å². The first-order valence-electron chi connectivity index (χ1n) is 11.9. The number of aromatic nitrogens is 2. The van der Waals surface area contributed by atoms with Crippen LogP contribution in [0.25, 0.3) is 0 Å². The van der Waals surface area contributed by atoms with Crippen molar-refractivity contribution in [3.63, 3.8) is 0 Å². The van der Waals surface area contributed by atoms with Gasteiger partial charge in [-0.25, -0.2) is 0 Å². The Hall–Kier alpha value is -2.96. The molecular weight excluding hydrogens is 410 g/mol. The van der Waals surface area contributed by atoms with Gasteiger partial charge in [-0.15, -0.1) is 0 Å². The molecule has 1 aliphatic rings. The first-order chi connectivity index (χ1) is 16.1. The van der Waals surface area contributed by atoms with Gasteiger partial charge >= 0.3 is 0 Å². The van der Waals surface area contributed by atoms with E-state index in [1.54, 1.807) is 12.4 Å². The third-order valence-electron chi connectivity index (χ3n) is 6.67. The lowest BCUT2D eigenvalue weighted by molar-refractivity contribution is 0.154. The number of aryl methyl sites for hydroxylation is 1. The number of hydrogen-bond donors (Lipinski definition) is 1. The van der Waals surface area contributed by atoms with Crippen molar-refractivity contribution in [1.82, 2.24) is 14.9 Å². The quantitative estimate of drug-likeness (QED) is 0.511. The van der Waals surface area contributed by atoms with Gasteiger partial charge in [-0.2, -0.15) is 0 Å². The van der Waals surface area contributed by atoms with Crippen LogP contribution in [0.1, 0.15) is 37.3 Å². The van der Waals surface area contributed by atoms with Crippen LogP contribution in [0.4, 0.5) is 5.69 Å². The van der Waals surface area contributed by atoms with Crippen LogP contribution in [0, 0.1) is 6.92 Å². The van der Waals surface area contributed by atoms with E-state index in [2.05, 4.69) is 51.8 Å². The van der Waals surface area contributed by atoms with Gasteiger partial charge < -0.3 is 20.3 Å². The summed E-state index contributed by atoms with van der Waals surface area (Å²) in [4.78, 5) is 13.6. The summed E-state index contributed by atoms with van der Waals surface area (Å²) in [5.74, 6) is 1.56. The highest BCUT2D eigenvalue weighted by Gasteiger charge is 2.27. The topological polar surface area (TPSA) is 67.5 Å². The second-order valence-electron chi connectivity index (χ2n) is 8.91. The Labute approximate surface area is 197 Å². The maximum Gasteiger partial charge on any atom is 0.145 e. The van der Waals surface area contributed by atoms with Crippen LogP contribution < -0.4 is 15.4 Å². The summed E-state index contributed by atoms with van der Waals surface area (Å²) in [6.45, 7) is 8.28. The third kappa shape index (κ3) is 6.09. The minimum Gasteiger partial charge on any atom is -0.456 e. The van der Waals surface area contributed by atoms with E-state index < -0.39 is 0 Å². The van der Waals surface area contributed by atoms with E-state index in [9.17, 15) is 0 Å². The van der Waals surface area contributed by atoms with E-state index in [0.29, 0.717) is 12.1 Å². The number of ether oxygens (including phenoxy) is 1. The molecule has 0 amide bonds. The zero-order valence-corrected chi connectivity index (χ0v) is 19.7. The van der Waals surface area contributed by atoms with Crippen LogP contribution in [-0.2, 0) is 6.54 Å². The molecule has 1 aliphatic heterocycles. The molecule has 1 unspecified atom stereocenters. The molecule has 0 radical (unpaired) electrons. The van der Waals surface area contributed by atoms with Crippen molar-refractivity contribution in [2.24, 2.45) is 5.73 Å². The molecule has 174 valence electrons. The van der Waals surface area contributed by atoms with Gasteiger partial charge in [0.15, 0.2) is 0 Å². The number of likely N-dealkylation sites (tertiary alicyclic amines) is 1. The largest absolute Gasteiger partial charge is 0.456 e. The molecule has 2 N–H and O–H groups in total. The number of piperidine rings is 1. The van der Waals surface area contributed by atoms with Gasteiger partial charge in [0.2, 0.25) is 0 Å². The minimum absolute atomic E-state index is 0.482. The van der Waals surface area contributed by atoms with Crippen molar-refractivity contribution in [2.75, 3.05) is 24.5 Å². The van der Waals surface area contributed by atoms with Crippen molar-refractivity contribution in [2.45, 2.75) is 51.7 Å². The van der Waals surface area contributed by atoms with Gasteiger partial charge in [-0.1, -0.05) is 0 Å². The van der Waals surface area contributed by atoms with E-state index in [0.717, 1.165) is 56.9 Å². The lowest BCUT2D eigenvalue weighted by atomic mass is 9.99. The summed E-state index contributed by atoms with van der Waals surface area (Å²) in [6, 6.07) is 15.3. The van der Waals surface area contributed by atoms with Crippen LogP contribution in [0.3, 0.4) is 0 Å². The molecule has 0 saturated carbocycles. The Morgan fingerprint density at radius 2 is 1.79 bits per heavy atom. The van der Waals surface area contributed by atoms with Crippen molar-refractivity contribution < 1.29 is 4.74 Å². The molecule has 4 rings (SSSR count). The number of pyridine rings is 2. The smallest absolute Gasteiger partial charge is 0.145 e. The summed E-state index contributed by atoms with van der Waals surface area (Å²) < 4.78 is 5.95. The molecule has 1 aromatic carbocycles. The Morgan fingerprint density at radius 3 is 2.45 bits per heavy atom. The Balaban J connectivity index is 1.51. The number of hydrogen-bond acceptors (Lipinski definition) is 6. The summed E-state index contributed by atoms with van der Waals surface area (Å²) >= 11 is 0. The van der Waals surface area contributed by atoms with Gasteiger partial charge in [-0.3, -0.25) is 9.97 Å². The highest BCUT2D eigenvalue weighted by molar-refractivity contribution is 5.51. The lowest BCUT2D eigenvalue weighted by Gasteiger charge is -2.42. The SMILES string of the molecule is Cc1ccncc1CN(c1ccc(Oc2cccnc2)cc1)C1CCN(C(C)CCN)CC1. The first-order valence-corrected chi connectivity index (χ1v) is 11.9. The van der Waals surface area contributed by atoms with E-state index in [1.807, 2.05) is 36.7 Å². The Morgan fingerprint density at radius 1 is 1.03 bits per heavy atom. The van der Waals surface area contributed by atoms with E-state index >= 15 is 0 Å². The molecule has 6 heteroatoms. The van der Waals surface area contributed by atoms with E-state index in [1.165, 1.54) is 16.8 Å². The van der Waals surface area contributed by atoms with Crippen LogP contribution >= 0.6 is 0 Å². The maximum absolute atomic E-state index is 5.95. The molecule has 3 aromatic rings. The summed E-state index contributed by atoms with van der Waals surface area (Å²) in [7, 11) is 0. The number of nitrogens with two attached hydrogens (primary N) is 1. The average molecular weight is 446 g/mol. The third-order valence-corrected chi connectivity index (χ3v) is 6.67. The van der Waals surface area contributed by atoms with Crippen molar-refractivity contribution >= 4 is 5.69 Å². The predicted octanol–water partition coefficient (Wildman–Crippen LogP) is 4.79. The summed E-state index contributed by atoms with van der Waals surface area (Å²) in [5, 5.41) is 0. The molecule has 3 heterocycles. The normalized spacial score (nSPS) is 15.8. The maximum atomic E-state index is 5.95. The second kappa shape index (κ2) is 11.3. The van der Waals surface area contributed by atoms with Crippen molar-refractivity contribution in [3.8, 4) is 11.5 Å². The van der Waals surface area contributed by atoms with Gasteiger partial charge in [0.05, 0.1) is 6.20 Å². The predicted molar refractivity (Wildman–Crippen MR) is 134 cm³/mol. The van der Waals surface area contributed by atoms with Crippen LogP contribution in [0.15, 0.2) is 67.3 Å². The molecule has 33 heavy (non-hydrogen) atoms. The van der Waals surface area contributed by atoms with Crippen LogP contribution in [0.5, 0.6) is 11.5 Å². The Kier molecular flexibility index (Phi) is 7.92. The standard InChI is InChI=1S/C27H35N5O/c1-21-10-15-30-18-23(21)20-32(25-11-16-31(17-12-25)22(2)9-13-28)24-5-7-26(8-6-24)33-27-4-3-14-29-19-27/h3-8,10,14-15,18-19,22,25H,9,11-13,16-17,20,28H2,1-2H3. The highest BCUT2D eigenvalue weighted by Crippen LogP contribution is 2.30. The fraction of sp³-hybridized carbons (Fsp3) is 0.407. The number of anilines is 1. The average Bonchev–Trinajstić information content (AvgIpc) is 2.85. The first kappa shape index (κ1) is 23.2. The molecule has 0 aliphatic carbocycles. The molecule has 1 fully saturated rings. The molecule has 0 bridgehead atoms. The van der Waals surface area contributed by atoms with Crippen molar-refractivity contribution in [1.29, 1.82) is 0 Å². The second-order valence-corrected chi connectivity index (χ2v) is 8.91. The van der Waals surface area contributed by atoms with Gasteiger partial charge in [0, 0.05) is 56.0 Å². The van der Waals surface area contributed by atoms with E-state index in [-0.39, 0.29) is 0 Å². The lowest BCUT2D eigenvalue weighted by Crippen LogP contribution is -2.47. The minimum atomic E-state index is 0.482. The summed E-state index contributed by atoms with van der Waals surface area (Å²) in [6.07, 6.45) is 10.7. The molecule has 2 aromatic heterocycles. The van der Waals surface area contributed by atoms with Gasteiger partial charge in [0.1, 0.15) is 11.5 Å². The Bertz CT molecular complexity index is 987. The zero-order chi connectivity index (χ0) is 23.0. The molecular formula is C27H35N5O. The van der Waals surface area contributed by atoms with Gasteiger partial charge in [-0.05, 0) is 93.2 Å². The number of rotatable bonds is 9. The molecule has 1 saturated heterocycles. The van der Waals surface area contributed by atoms with E-state index in [4.69, 9.17) is 10.5 Å². The molecule has 0 spiro atoms. The zero-order valence-electron chi connectivity index (χ0n) is 19.7. The fourth-order valence-corrected chi connectivity index (χ4v) is 4.59. The van der Waals surface area contributed by atoms with Crippen molar-refractivity contribution in [3.05, 3.63) is 78.4 Å². The molecule has 6 nitrogen and oxygen atoms in total. The van der Waals surface area contributed by atoms with Gasteiger partial charge in [0.25, 0.3) is 0 Å². The monoisotopic (exact) mass is 445 g/mol. The number of nitrogens with zero attached hydrogens (tertiary/aromatic N) is 4. The summed E-state index contributed by atoms with van der Waals surface area (Å²) in [5.41, 5.74) is 9.56. The highest BCUT2D eigenvalue weighted by atomic mass is 16.5. The fourth-order valence-electron chi connectivity index (χ4n) is 4.59.